The number of nitrogens with two attached hydrogens (primary N) is 1. The number of carbonyl (C=O) groups is 1. The number of allylic oxidation sites excluding steroid dienone is 1. The Bertz CT molecular complexity index is 956. The van der Waals surface area contributed by atoms with Crippen LogP contribution < -0.4 is 5.73 Å². The summed E-state index contributed by atoms with van der Waals surface area (Å²) in [5.74, 6) is -0.422. The summed E-state index contributed by atoms with van der Waals surface area (Å²) in [6.07, 6.45) is 10.8. The van der Waals surface area contributed by atoms with Crippen LogP contribution in [0.2, 0.25) is 0 Å². The Kier molecular flexibility index (Phi) is 15.7. The number of hydrogen-bond acceptors (Lipinski definition) is 6. The van der Waals surface area contributed by atoms with E-state index in [1.165, 1.54) is 11.3 Å². The second-order valence-corrected chi connectivity index (χ2v) is 9.91. The van der Waals surface area contributed by atoms with Gasteiger partial charge in [0.2, 0.25) is 0 Å². The van der Waals surface area contributed by atoms with Crippen molar-refractivity contribution in [2.75, 3.05) is 34.2 Å². The van der Waals surface area contributed by atoms with Crippen molar-refractivity contribution in [2.45, 2.75) is 92.0 Å². The zero-order valence-corrected chi connectivity index (χ0v) is 25.3. The fraction of sp³-hybridized carbons (Fsp3) is 0.633. The van der Waals surface area contributed by atoms with Crippen LogP contribution in [0.15, 0.2) is 37.3 Å². The second kappa shape index (κ2) is 17.9. The van der Waals surface area contributed by atoms with Crippen molar-refractivity contribution in [3.63, 3.8) is 0 Å². The predicted molar refractivity (Wildman–Crippen MR) is 159 cm³/mol. The molecule has 0 bridgehead atoms. The Hall–Kier alpha value is -2.55. The molecule has 8 nitrogen and oxygen atoms in total. The molecule has 1 aliphatic rings. The first-order chi connectivity index (χ1) is 18.3. The third-order valence-electron chi connectivity index (χ3n) is 6.73. The van der Waals surface area contributed by atoms with Crippen LogP contribution in [-0.4, -0.2) is 75.4 Å². The van der Waals surface area contributed by atoms with Crippen LogP contribution in [0.25, 0.3) is 0 Å². The third-order valence-corrected chi connectivity index (χ3v) is 6.73. The highest BCUT2D eigenvalue weighted by atomic mass is 16.1. The van der Waals surface area contributed by atoms with Gasteiger partial charge in [-0.1, -0.05) is 39.8 Å². The third kappa shape index (κ3) is 9.64. The van der Waals surface area contributed by atoms with Gasteiger partial charge in [0.05, 0.1) is 30.4 Å². The number of rotatable bonds is 12. The van der Waals surface area contributed by atoms with E-state index in [1.54, 1.807) is 12.4 Å². The molecule has 0 radical (unpaired) electrons. The van der Waals surface area contributed by atoms with Gasteiger partial charge in [0, 0.05) is 25.3 Å². The normalized spacial score (nSPS) is 15.3. The molecule has 2 atom stereocenters. The molecular formula is C30H53N7O. The molecule has 0 spiro atoms. The first kappa shape index (κ1) is 33.5. The van der Waals surface area contributed by atoms with Crippen molar-refractivity contribution < 1.29 is 4.79 Å². The maximum absolute atomic E-state index is 12.5. The quantitative estimate of drug-likeness (QED) is 0.386. The highest BCUT2D eigenvalue weighted by Gasteiger charge is 2.29. The van der Waals surface area contributed by atoms with Gasteiger partial charge in [-0.05, 0) is 78.3 Å². The molecule has 2 aromatic rings. The zero-order chi connectivity index (χ0) is 28.7. The summed E-state index contributed by atoms with van der Waals surface area (Å²) in [6, 6.07) is 4.91. The van der Waals surface area contributed by atoms with Crippen molar-refractivity contribution in [3.05, 3.63) is 60.0 Å². The minimum atomic E-state index is -0.422. The number of pyridine rings is 1. The topological polar surface area (TPSA) is 83.5 Å². The average molecular weight is 528 g/mol. The number of imidazole rings is 1. The molecule has 0 saturated carbocycles. The molecule has 214 valence electrons. The van der Waals surface area contributed by atoms with Crippen LogP contribution in [0.5, 0.6) is 0 Å². The lowest BCUT2D eigenvalue weighted by Crippen LogP contribution is -2.39. The van der Waals surface area contributed by atoms with E-state index in [9.17, 15) is 4.79 Å². The fourth-order valence-electron chi connectivity index (χ4n) is 5.03. The molecule has 0 aliphatic heterocycles. The Balaban J connectivity index is 0.00000135. The molecule has 2 N–H and O–H groups in total. The van der Waals surface area contributed by atoms with Crippen molar-refractivity contribution in [3.8, 4) is 0 Å². The molecule has 1 amide bonds. The summed E-state index contributed by atoms with van der Waals surface area (Å²) < 4.78 is 1.90. The van der Waals surface area contributed by atoms with Gasteiger partial charge < -0.3 is 15.2 Å². The summed E-state index contributed by atoms with van der Waals surface area (Å²) in [6.45, 7) is 16.6. The smallest absolute Gasteiger partial charge is 0.267 e. The van der Waals surface area contributed by atoms with Crippen LogP contribution in [0.4, 0.5) is 0 Å². The Morgan fingerprint density at radius 3 is 2.53 bits per heavy atom. The van der Waals surface area contributed by atoms with Crippen LogP contribution in [0, 0.1) is 0 Å². The van der Waals surface area contributed by atoms with E-state index in [0.717, 1.165) is 50.9 Å². The number of aryl methyl sites for hydroxylation is 1. The second-order valence-electron chi connectivity index (χ2n) is 9.91. The number of primary amides is 1. The lowest BCUT2D eigenvalue weighted by Gasteiger charge is -2.34. The minimum Gasteiger partial charge on any atom is -0.364 e. The largest absolute Gasteiger partial charge is 0.364 e. The maximum atomic E-state index is 12.5. The van der Waals surface area contributed by atoms with E-state index >= 15 is 0 Å². The molecule has 8 heteroatoms. The van der Waals surface area contributed by atoms with Crippen molar-refractivity contribution in [2.24, 2.45) is 5.73 Å². The fourth-order valence-corrected chi connectivity index (χ4v) is 5.03. The SMILES string of the molecule is C=CC.CC.CCCN(Cc1ncn(CN(C)CC(CC)N(C)C)c1C(N)=O)[C@H]1CCCc2cccnc21. The molecule has 0 saturated heterocycles. The highest BCUT2D eigenvalue weighted by Crippen LogP contribution is 2.34. The van der Waals surface area contributed by atoms with Gasteiger partial charge in [0.15, 0.2) is 0 Å². The summed E-state index contributed by atoms with van der Waals surface area (Å²) in [5.41, 5.74) is 9.64. The summed E-state index contributed by atoms with van der Waals surface area (Å²) >= 11 is 0. The summed E-state index contributed by atoms with van der Waals surface area (Å²) in [4.78, 5) is 28.8. The molecule has 0 fully saturated rings. The molecule has 1 unspecified atom stereocenters. The van der Waals surface area contributed by atoms with Gasteiger partial charge >= 0.3 is 0 Å². The van der Waals surface area contributed by atoms with Crippen LogP contribution >= 0.6 is 0 Å². The number of likely N-dealkylation sites (N-methyl/N-ethyl adjacent to an activating group) is 2. The molecule has 3 rings (SSSR count). The number of hydrogen-bond donors (Lipinski definition) is 1. The molecule has 1 aliphatic carbocycles. The van der Waals surface area contributed by atoms with Gasteiger partial charge in [-0.3, -0.25) is 19.6 Å². The number of aromatic nitrogens is 3. The first-order valence-electron chi connectivity index (χ1n) is 14.2. The van der Waals surface area contributed by atoms with E-state index in [0.29, 0.717) is 24.9 Å². The van der Waals surface area contributed by atoms with E-state index in [1.807, 2.05) is 37.6 Å². The van der Waals surface area contributed by atoms with E-state index in [4.69, 9.17) is 10.7 Å². The standard InChI is InChI=1S/C25H41N7O.C3H6.C2H6/c1-6-14-31(22-12-8-10-19-11-9-13-27-23(19)22)16-21-24(25(26)33)32(17-28-21)18-30(5)15-20(7-2)29(3)4;1-3-2;1-2/h9,11,13,17,20,22H,6-8,10,12,14-16,18H2,1-5H3,(H2,26,33);3H,1H2,2H3;1-2H3/t20?,22-;;/m0../s1. The number of carbonyl (C=O) groups excluding carboxylic acids is 1. The first-order valence-corrected chi connectivity index (χ1v) is 14.2. The van der Waals surface area contributed by atoms with Crippen LogP contribution in [0.3, 0.4) is 0 Å². The monoisotopic (exact) mass is 527 g/mol. The van der Waals surface area contributed by atoms with Crippen molar-refractivity contribution >= 4 is 5.91 Å². The number of fused-ring (bicyclic) bond motifs is 1. The molecule has 2 aromatic heterocycles. The lowest BCUT2D eigenvalue weighted by atomic mass is 9.90. The average Bonchev–Trinajstić information content (AvgIpc) is 3.30. The zero-order valence-electron chi connectivity index (χ0n) is 25.3. The number of nitrogens with zero attached hydrogens (tertiary/aromatic N) is 6. The maximum Gasteiger partial charge on any atom is 0.267 e. The van der Waals surface area contributed by atoms with E-state index < -0.39 is 5.91 Å². The highest BCUT2D eigenvalue weighted by molar-refractivity contribution is 5.92. The Labute approximate surface area is 231 Å². The van der Waals surface area contributed by atoms with Crippen LogP contribution in [-0.2, 0) is 19.6 Å². The molecule has 38 heavy (non-hydrogen) atoms. The predicted octanol–water partition coefficient (Wildman–Crippen LogP) is 5.11. The van der Waals surface area contributed by atoms with Crippen molar-refractivity contribution in [1.29, 1.82) is 0 Å². The molecule has 2 heterocycles. The lowest BCUT2D eigenvalue weighted by molar-refractivity contribution is 0.0980. The van der Waals surface area contributed by atoms with Gasteiger partial charge in [-0.15, -0.1) is 6.58 Å². The number of amides is 1. The van der Waals surface area contributed by atoms with E-state index in [2.05, 4.69) is 67.3 Å². The van der Waals surface area contributed by atoms with Gasteiger partial charge in [-0.2, -0.15) is 0 Å². The van der Waals surface area contributed by atoms with Crippen molar-refractivity contribution in [1.82, 2.24) is 29.2 Å². The van der Waals surface area contributed by atoms with Gasteiger partial charge in [0.1, 0.15) is 5.69 Å². The summed E-state index contributed by atoms with van der Waals surface area (Å²) in [7, 11) is 6.28. The molecular weight excluding hydrogens is 474 g/mol. The van der Waals surface area contributed by atoms with Gasteiger partial charge in [-0.25, -0.2) is 4.98 Å². The van der Waals surface area contributed by atoms with Crippen LogP contribution in [0.1, 0.15) is 93.8 Å². The minimum absolute atomic E-state index is 0.244. The summed E-state index contributed by atoms with van der Waals surface area (Å²) in [5, 5.41) is 0. The van der Waals surface area contributed by atoms with Gasteiger partial charge in [0.25, 0.3) is 5.91 Å². The van der Waals surface area contributed by atoms with E-state index in [-0.39, 0.29) is 6.04 Å². The Morgan fingerprint density at radius 2 is 1.95 bits per heavy atom. The Morgan fingerprint density at radius 1 is 1.26 bits per heavy atom. The molecule has 0 aromatic carbocycles.